The van der Waals surface area contributed by atoms with Gasteiger partial charge in [-0.25, -0.2) is 0 Å². The molecule has 162 valence electrons. The van der Waals surface area contributed by atoms with Crippen molar-refractivity contribution >= 4 is 51.5 Å². The van der Waals surface area contributed by atoms with Gasteiger partial charge in [-0.2, -0.15) is 0 Å². The number of nitrogens with one attached hydrogen (secondary N) is 2. The van der Waals surface area contributed by atoms with Crippen molar-refractivity contribution in [3.05, 3.63) is 45.0 Å². The lowest BCUT2D eigenvalue weighted by Crippen LogP contribution is -2.34. The van der Waals surface area contributed by atoms with Gasteiger partial charge in [0.05, 0.1) is 19.8 Å². The number of benzene rings is 2. The summed E-state index contributed by atoms with van der Waals surface area (Å²) in [5.41, 5.74) is 2.37. The Kier molecular flexibility index (Phi) is 9.64. The molecule has 0 saturated carbocycles. The third kappa shape index (κ3) is 6.46. The highest BCUT2D eigenvalue weighted by Gasteiger charge is 2.19. The van der Waals surface area contributed by atoms with E-state index >= 15 is 0 Å². The molecule has 0 radical (unpaired) electrons. The standard InChI is InChI=1S/C22H27IN2O4S/c1-5-14-11-16(23)9-10-17(14)24-22(30)25-21(26)15-12-18(27-6-2)20(29-8-4)19(13-15)28-7-3/h9-13H,5-8H2,1-4H3,(H2,24,25,26,30). The van der Waals surface area contributed by atoms with Crippen LogP contribution in [0.2, 0.25) is 0 Å². The molecule has 0 saturated heterocycles. The van der Waals surface area contributed by atoms with Crippen molar-refractivity contribution in [2.24, 2.45) is 0 Å². The van der Waals surface area contributed by atoms with E-state index in [0.29, 0.717) is 42.6 Å². The zero-order valence-corrected chi connectivity index (χ0v) is 20.6. The average molecular weight is 542 g/mol. The predicted molar refractivity (Wildman–Crippen MR) is 132 cm³/mol. The van der Waals surface area contributed by atoms with Gasteiger partial charge in [0, 0.05) is 14.8 Å². The lowest BCUT2D eigenvalue weighted by molar-refractivity contribution is 0.0976. The summed E-state index contributed by atoms with van der Waals surface area (Å²) in [6.07, 6.45) is 0.851. The van der Waals surface area contributed by atoms with E-state index in [1.54, 1.807) is 12.1 Å². The highest BCUT2D eigenvalue weighted by molar-refractivity contribution is 14.1. The summed E-state index contributed by atoms with van der Waals surface area (Å²) in [6, 6.07) is 9.30. The number of carbonyl (C=O) groups is 1. The summed E-state index contributed by atoms with van der Waals surface area (Å²) in [4.78, 5) is 12.8. The maximum absolute atomic E-state index is 12.8. The fourth-order valence-corrected chi connectivity index (χ4v) is 3.58. The highest BCUT2D eigenvalue weighted by Crippen LogP contribution is 2.39. The van der Waals surface area contributed by atoms with Crippen LogP contribution in [-0.2, 0) is 6.42 Å². The largest absolute Gasteiger partial charge is 0.490 e. The number of hydrogen-bond acceptors (Lipinski definition) is 5. The second kappa shape index (κ2) is 11.9. The summed E-state index contributed by atoms with van der Waals surface area (Å²) in [6.45, 7) is 9.01. The van der Waals surface area contributed by atoms with E-state index in [1.165, 1.54) is 0 Å². The number of hydrogen-bond donors (Lipinski definition) is 2. The minimum Gasteiger partial charge on any atom is -0.490 e. The lowest BCUT2D eigenvalue weighted by Gasteiger charge is -2.17. The summed E-state index contributed by atoms with van der Waals surface area (Å²) in [5.74, 6) is 1.05. The van der Waals surface area contributed by atoms with Gasteiger partial charge < -0.3 is 19.5 Å². The van der Waals surface area contributed by atoms with E-state index < -0.39 is 0 Å². The van der Waals surface area contributed by atoms with Crippen molar-refractivity contribution in [3.63, 3.8) is 0 Å². The Hall–Kier alpha value is -2.07. The minimum atomic E-state index is -0.360. The molecule has 0 heterocycles. The molecule has 1 amide bonds. The van der Waals surface area contributed by atoms with Gasteiger partial charge in [-0.1, -0.05) is 6.92 Å². The van der Waals surface area contributed by atoms with Crippen LogP contribution < -0.4 is 24.8 Å². The molecule has 0 bridgehead atoms. The van der Waals surface area contributed by atoms with Gasteiger partial charge in [0.15, 0.2) is 16.6 Å². The third-order valence-corrected chi connectivity index (χ3v) is 4.97. The molecule has 0 aliphatic rings. The first-order valence-electron chi connectivity index (χ1n) is 9.90. The molecule has 2 aromatic carbocycles. The molecule has 0 spiro atoms. The van der Waals surface area contributed by atoms with Crippen molar-refractivity contribution < 1.29 is 19.0 Å². The lowest BCUT2D eigenvalue weighted by atomic mass is 10.1. The highest BCUT2D eigenvalue weighted by atomic mass is 127. The van der Waals surface area contributed by atoms with E-state index in [4.69, 9.17) is 26.4 Å². The zero-order valence-electron chi connectivity index (χ0n) is 17.6. The monoisotopic (exact) mass is 542 g/mol. The van der Waals surface area contributed by atoms with Crippen LogP contribution >= 0.6 is 34.8 Å². The van der Waals surface area contributed by atoms with Crippen LogP contribution in [0.5, 0.6) is 17.2 Å². The smallest absolute Gasteiger partial charge is 0.257 e. The number of thiocarbonyl (C=S) groups is 1. The Labute approximate surface area is 196 Å². The summed E-state index contributed by atoms with van der Waals surface area (Å²) < 4.78 is 18.2. The Morgan fingerprint density at radius 2 is 1.57 bits per heavy atom. The van der Waals surface area contributed by atoms with Crippen molar-refractivity contribution in [2.45, 2.75) is 34.1 Å². The third-order valence-electron chi connectivity index (χ3n) is 4.09. The fraction of sp³-hybridized carbons (Fsp3) is 0.364. The van der Waals surface area contributed by atoms with Crippen LogP contribution in [0, 0.1) is 3.57 Å². The molecule has 0 aliphatic carbocycles. The fourth-order valence-electron chi connectivity index (χ4n) is 2.83. The zero-order chi connectivity index (χ0) is 22.1. The van der Waals surface area contributed by atoms with Crippen LogP contribution in [0.3, 0.4) is 0 Å². The Bertz CT molecular complexity index is 878. The number of ether oxygens (including phenoxy) is 3. The minimum absolute atomic E-state index is 0.223. The van der Waals surface area contributed by atoms with Crippen molar-refractivity contribution in [1.82, 2.24) is 5.32 Å². The second-order valence-electron chi connectivity index (χ2n) is 6.16. The van der Waals surface area contributed by atoms with Gasteiger partial charge in [-0.3, -0.25) is 10.1 Å². The molecule has 8 heteroatoms. The van der Waals surface area contributed by atoms with Crippen LogP contribution in [0.4, 0.5) is 5.69 Å². The number of halogens is 1. The van der Waals surface area contributed by atoms with E-state index in [-0.39, 0.29) is 11.0 Å². The van der Waals surface area contributed by atoms with Crippen molar-refractivity contribution in [1.29, 1.82) is 0 Å². The van der Waals surface area contributed by atoms with Crippen molar-refractivity contribution in [3.8, 4) is 17.2 Å². The molecule has 30 heavy (non-hydrogen) atoms. The van der Waals surface area contributed by atoms with E-state index in [1.807, 2.05) is 32.9 Å². The second-order valence-corrected chi connectivity index (χ2v) is 7.82. The van der Waals surface area contributed by atoms with Gasteiger partial charge >= 0.3 is 0 Å². The molecule has 0 aliphatic heterocycles. The molecule has 6 nitrogen and oxygen atoms in total. The molecular weight excluding hydrogens is 515 g/mol. The Balaban J connectivity index is 2.24. The molecule has 0 fully saturated rings. The molecule has 2 rings (SSSR count). The number of rotatable bonds is 9. The molecule has 0 aromatic heterocycles. The van der Waals surface area contributed by atoms with Crippen LogP contribution in [0.15, 0.2) is 30.3 Å². The van der Waals surface area contributed by atoms with Gasteiger partial charge in [-0.05, 0) is 97.9 Å². The first kappa shape index (κ1) is 24.2. The van der Waals surface area contributed by atoms with E-state index in [0.717, 1.165) is 21.2 Å². The summed E-state index contributed by atoms with van der Waals surface area (Å²) in [5, 5.41) is 6.06. The quantitative estimate of drug-likeness (QED) is 0.337. The molecule has 0 unspecified atom stereocenters. The molecule has 0 atom stereocenters. The molecular formula is C22H27IN2O4S. The molecule has 2 N–H and O–H groups in total. The first-order chi connectivity index (χ1) is 14.4. The normalized spacial score (nSPS) is 10.3. The first-order valence-corrected chi connectivity index (χ1v) is 11.4. The maximum Gasteiger partial charge on any atom is 0.257 e. The van der Waals surface area contributed by atoms with Crippen molar-refractivity contribution in [2.75, 3.05) is 25.1 Å². The van der Waals surface area contributed by atoms with Crippen LogP contribution in [-0.4, -0.2) is 30.8 Å². The van der Waals surface area contributed by atoms with E-state index in [9.17, 15) is 4.79 Å². The van der Waals surface area contributed by atoms with Crippen LogP contribution in [0.1, 0.15) is 43.6 Å². The predicted octanol–water partition coefficient (Wildman–Crippen LogP) is 5.18. The Morgan fingerprint density at radius 1 is 0.967 bits per heavy atom. The van der Waals surface area contributed by atoms with Gasteiger partial charge in [0.1, 0.15) is 0 Å². The SMILES string of the molecule is CCOc1cc(C(=O)NC(=S)Nc2ccc(I)cc2CC)cc(OCC)c1OCC. The molecule has 2 aromatic rings. The number of anilines is 1. The Morgan fingerprint density at radius 3 is 2.10 bits per heavy atom. The summed E-state index contributed by atoms with van der Waals surface area (Å²) >= 11 is 7.63. The number of amides is 1. The topological polar surface area (TPSA) is 68.8 Å². The van der Waals surface area contributed by atoms with Gasteiger partial charge in [0.25, 0.3) is 5.91 Å². The maximum atomic E-state index is 12.8. The average Bonchev–Trinajstić information content (AvgIpc) is 2.71. The van der Waals surface area contributed by atoms with Gasteiger partial charge in [-0.15, -0.1) is 0 Å². The van der Waals surface area contributed by atoms with E-state index in [2.05, 4.69) is 46.2 Å². The van der Waals surface area contributed by atoms with Gasteiger partial charge in [0.2, 0.25) is 5.75 Å². The summed E-state index contributed by atoms with van der Waals surface area (Å²) in [7, 11) is 0. The van der Waals surface area contributed by atoms with Crippen LogP contribution in [0.25, 0.3) is 0 Å². The number of carbonyl (C=O) groups excluding carboxylic acids is 1. The number of aryl methyl sites for hydroxylation is 1.